The van der Waals surface area contributed by atoms with E-state index in [0.29, 0.717) is 0 Å². The van der Waals surface area contributed by atoms with E-state index < -0.39 is 0 Å². The quantitative estimate of drug-likeness (QED) is 0.670. The maximum Gasteiger partial charge on any atom is 0.163 e. The highest BCUT2D eigenvalue weighted by Crippen LogP contribution is 2.19. The number of fused-ring (bicyclic) bond motifs is 3. The van der Waals surface area contributed by atoms with Crippen LogP contribution < -0.4 is 0 Å². The fourth-order valence-electron chi connectivity index (χ4n) is 2.24. The molecule has 0 saturated carbocycles. The topological polar surface area (TPSA) is 30.2 Å². The van der Waals surface area contributed by atoms with E-state index in [1.807, 2.05) is 13.1 Å². The Morgan fingerprint density at radius 3 is 3.06 bits per heavy atom. The lowest BCUT2D eigenvalue weighted by atomic mass is 10.2. The number of aromatic nitrogens is 3. The van der Waals surface area contributed by atoms with Gasteiger partial charge in [-0.05, 0) is 37.1 Å². The van der Waals surface area contributed by atoms with Gasteiger partial charge in [-0.1, -0.05) is 13.3 Å². The zero-order chi connectivity index (χ0) is 11.8. The van der Waals surface area contributed by atoms with E-state index >= 15 is 0 Å². The van der Waals surface area contributed by atoms with E-state index in [0.717, 1.165) is 35.3 Å². The first-order valence-corrected chi connectivity index (χ1v) is 6.02. The van der Waals surface area contributed by atoms with Gasteiger partial charge in [0, 0.05) is 12.4 Å². The van der Waals surface area contributed by atoms with Crippen LogP contribution in [-0.2, 0) is 6.42 Å². The summed E-state index contributed by atoms with van der Waals surface area (Å²) in [6.07, 6.45) is 6.07. The third-order valence-electron chi connectivity index (χ3n) is 3.00. The Morgan fingerprint density at radius 2 is 2.24 bits per heavy atom. The van der Waals surface area contributed by atoms with Crippen molar-refractivity contribution >= 4 is 16.7 Å². The van der Waals surface area contributed by atoms with Crippen molar-refractivity contribution in [2.24, 2.45) is 0 Å². The largest absolute Gasteiger partial charge is 0.298 e. The smallest absolute Gasteiger partial charge is 0.163 e. The summed E-state index contributed by atoms with van der Waals surface area (Å²) < 4.78 is 2.13. The molecule has 3 heteroatoms. The molecule has 3 nitrogen and oxygen atoms in total. The van der Waals surface area contributed by atoms with Crippen LogP contribution in [0, 0.1) is 6.92 Å². The van der Waals surface area contributed by atoms with Gasteiger partial charge in [0.05, 0.1) is 11.2 Å². The first kappa shape index (κ1) is 10.3. The molecule has 0 aliphatic heterocycles. The standard InChI is InChI=1S/C14H15N3/c1-3-5-11-13-6-4-7-17(13)14-12(16-11)8-10(2)9-15-14/h4,6-9H,3,5H2,1-2H3. The van der Waals surface area contributed by atoms with Crippen LogP contribution in [0.1, 0.15) is 24.6 Å². The summed E-state index contributed by atoms with van der Waals surface area (Å²) in [4.78, 5) is 9.23. The van der Waals surface area contributed by atoms with E-state index in [4.69, 9.17) is 4.98 Å². The molecule has 0 aliphatic carbocycles. The van der Waals surface area contributed by atoms with E-state index in [-0.39, 0.29) is 0 Å². The zero-order valence-electron chi connectivity index (χ0n) is 10.1. The van der Waals surface area contributed by atoms with E-state index in [1.54, 1.807) is 0 Å². The average Bonchev–Trinajstić information content (AvgIpc) is 2.78. The van der Waals surface area contributed by atoms with Crippen LogP contribution in [0.15, 0.2) is 30.6 Å². The molecule has 3 heterocycles. The summed E-state index contributed by atoms with van der Waals surface area (Å²) in [7, 11) is 0. The minimum Gasteiger partial charge on any atom is -0.298 e. The van der Waals surface area contributed by atoms with Crippen molar-refractivity contribution in [3.8, 4) is 0 Å². The van der Waals surface area contributed by atoms with Crippen LogP contribution >= 0.6 is 0 Å². The summed E-state index contributed by atoms with van der Waals surface area (Å²) in [6, 6.07) is 6.26. The molecule has 0 radical (unpaired) electrons. The molecular weight excluding hydrogens is 210 g/mol. The maximum atomic E-state index is 4.74. The summed E-state index contributed by atoms with van der Waals surface area (Å²) in [6.45, 7) is 4.23. The fourth-order valence-corrected chi connectivity index (χ4v) is 2.24. The first-order chi connectivity index (χ1) is 8.29. The molecule has 0 bridgehead atoms. The van der Waals surface area contributed by atoms with Crippen LogP contribution in [0.25, 0.3) is 16.7 Å². The minimum absolute atomic E-state index is 0.940. The Bertz CT molecular complexity index is 682. The molecule has 3 aromatic rings. The van der Waals surface area contributed by atoms with Crippen LogP contribution in [0.4, 0.5) is 0 Å². The minimum atomic E-state index is 0.940. The Kier molecular flexibility index (Phi) is 2.32. The number of aryl methyl sites for hydroxylation is 2. The highest BCUT2D eigenvalue weighted by atomic mass is 15.0. The lowest BCUT2D eigenvalue weighted by Crippen LogP contribution is -1.99. The monoisotopic (exact) mass is 225 g/mol. The Hall–Kier alpha value is -1.90. The van der Waals surface area contributed by atoms with Crippen molar-refractivity contribution < 1.29 is 0 Å². The normalized spacial score (nSPS) is 11.4. The van der Waals surface area contributed by atoms with Gasteiger partial charge in [0.2, 0.25) is 0 Å². The lowest BCUT2D eigenvalue weighted by molar-refractivity contribution is 0.888. The highest BCUT2D eigenvalue weighted by molar-refractivity contribution is 5.76. The van der Waals surface area contributed by atoms with Gasteiger partial charge in [0.15, 0.2) is 5.65 Å². The molecule has 3 aromatic heterocycles. The Morgan fingerprint density at radius 1 is 1.35 bits per heavy atom. The molecule has 0 aromatic carbocycles. The van der Waals surface area contributed by atoms with Crippen molar-refractivity contribution in [2.75, 3.05) is 0 Å². The maximum absolute atomic E-state index is 4.74. The van der Waals surface area contributed by atoms with E-state index in [9.17, 15) is 0 Å². The van der Waals surface area contributed by atoms with Crippen LogP contribution in [-0.4, -0.2) is 14.4 Å². The van der Waals surface area contributed by atoms with Gasteiger partial charge in [0.1, 0.15) is 5.52 Å². The van der Waals surface area contributed by atoms with Crippen LogP contribution in [0.5, 0.6) is 0 Å². The molecule has 0 N–H and O–H groups in total. The molecule has 0 spiro atoms. The second kappa shape index (κ2) is 3.84. The number of rotatable bonds is 2. The summed E-state index contributed by atoms with van der Waals surface area (Å²) in [5, 5.41) is 0. The summed E-state index contributed by atoms with van der Waals surface area (Å²) in [5.74, 6) is 0. The molecule has 17 heavy (non-hydrogen) atoms. The van der Waals surface area contributed by atoms with Gasteiger partial charge in [-0.3, -0.25) is 4.40 Å². The van der Waals surface area contributed by atoms with Crippen LogP contribution in [0.3, 0.4) is 0 Å². The Labute approximate surface area is 100 Å². The average molecular weight is 225 g/mol. The van der Waals surface area contributed by atoms with Gasteiger partial charge in [-0.2, -0.15) is 0 Å². The van der Waals surface area contributed by atoms with Crippen LogP contribution in [0.2, 0.25) is 0 Å². The number of nitrogens with zero attached hydrogens (tertiary/aromatic N) is 3. The third-order valence-corrected chi connectivity index (χ3v) is 3.00. The van der Waals surface area contributed by atoms with Crippen molar-refractivity contribution in [1.82, 2.24) is 14.4 Å². The molecular formula is C14H15N3. The van der Waals surface area contributed by atoms with E-state index in [1.165, 1.54) is 5.52 Å². The van der Waals surface area contributed by atoms with Gasteiger partial charge in [-0.15, -0.1) is 0 Å². The third kappa shape index (κ3) is 1.58. The molecule has 0 fully saturated rings. The predicted molar refractivity (Wildman–Crippen MR) is 69.2 cm³/mol. The van der Waals surface area contributed by atoms with Gasteiger partial charge in [0.25, 0.3) is 0 Å². The van der Waals surface area contributed by atoms with Crippen molar-refractivity contribution in [3.63, 3.8) is 0 Å². The molecule has 3 rings (SSSR count). The molecule has 0 atom stereocenters. The van der Waals surface area contributed by atoms with E-state index in [2.05, 4.69) is 40.7 Å². The number of pyridine rings is 1. The van der Waals surface area contributed by atoms with Crippen molar-refractivity contribution in [1.29, 1.82) is 0 Å². The number of hydrogen-bond acceptors (Lipinski definition) is 2. The fraction of sp³-hybridized carbons (Fsp3) is 0.286. The first-order valence-electron chi connectivity index (χ1n) is 6.02. The molecule has 0 unspecified atom stereocenters. The highest BCUT2D eigenvalue weighted by Gasteiger charge is 2.08. The van der Waals surface area contributed by atoms with Crippen molar-refractivity contribution in [2.45, 2.75) is 26.7 Å². The van der Waals surface area contributed by atoms with Gasteiger partial charge < -0.3 is 0 Å². The molecule has 0 aliphatic rings. The lowest BCUT2D eigenvalue weighted by Gasteiger charge is -2.07. The molecule has 0 saturated heterocycles. The second-order valence-electron chi connectivity index (χ2n) is 4.43. The number of hydrogen-bond donors (Lipinski definition) is 0. The summed E-state index contributed by atoms with van der Waals surface area (Å²) >= 11 is 0. The summed E-state index contributed by atoms with van der Waals surface area (Å²) in [5.41, 5.74) is 5.42. The second-order valence-corrected chi connectivity index (χ2v) is 4.43. The Balaban J connectivity index is 2.42. The van der Waals surface area contributed by atoms with Crippen molar-refractivity contribution in [3.05, 3.63) is 41.9 Å². The van der Waals surface area contributed by atoms with Gasteiger partial charge in [-0.25, -0.2) is 9.97 Å². The van der Waals surface area contributed by atoms with Gasteiger partial charge >= 0.3 is 0 Å². The molecule has 86 valence electrons. The molecule has 0 amide bonds. The zero-order valence-corrected chi connectivity index (χ0v) is 10.1. The predicted octanol–water partition coefficient (Wildman–Crippen LogP) is 3.14. The SMILES string of the molecule is CCCc1nc2cc(C)cnc2n2cccc12.